The highest BCUT2D eigenvalue weighted by Crippen LogP contribution is 2.39. The molecule has 1 unspecified atom stereocenters. The number of aromatic nitrogens is 3. The van der Waals surface area contributed by atoms with Crippen molar-refractivity contribution in [3.05, 3.63) is 188 Å². The normalized spacial score (nSPS) is 14.0. The minimum atomic E-state index is 0.0635. The molecule has 4 nitrogen and oxygen atoms in total. The van der Waals surface area contributed by atoms with Crippen molar-refractivity contribution in [1.29, 1.82) is 0 Å². The molecule has 0 saturated heterocycles. The number of rotatable bonds is 6. The van der Waals surface area contributed by atoms with Crippen LogP contribution in [0.3, 0.4) is 0 Å². The molecule has 250 valence electrons. The summed E-state index contributed by atoms with van der Waals surface area (Å²) in [6.07, 6.45) is 9.34. The lowest BCUT2D eigenvalue weighted by molar-refractivity contribution is 0.669. The molecule has 2 heterocycles. The summed E-state index contributed by atoms with van der Waals surface area (Å²) in [5.74, 6) is 2.12. The molecule has 10 rings (SSSR count). The van der Waals surface area contributed by atoms with Gasteiger partial charge in [0.2, 0.25) is 0 Å². The summed E-state index contributed by atoms with van der Waals surface area (Å²) in [4.78, 5) is 15.3. The van der Waals surface area contributed by atoms with E-state index in [1.54, 1.807) is 0 Å². The minimum absolute atomic E-state index is 0.0635. The topological polar surface area (TPSA) is 51.8 Å². The Morgan fingerprint density at radius 1 is 0.453 bits per heavy atom. The van der Waals surface area contributed by atoms with Gasteiger partial charge in [0.25, 0.3) is 0 Å². The van der Waals surface area contributed by atoms with Gasteiger partial charge in [-0.05, 0) is 74.8 Å². The van der Waals surface area contributed by atoms with E-state index in [0.29, 0.717) is 11.6 Å². The fraction of sp³-hybridized carbons (Fsp3) is 0.0408. The lowest BCUT2D eigenvalue weighted by Crippen LogP contribution is -2.08. The predicted octanol–water partition coefficient (Wildman–Crippen LogP) is 12.9. The Kier molecular flexibility index (Phi) is 7.58. The smallest absolute Gasteiger partial charge is 0.164 e. The van der Waals surface area contributed by atoms with E-state index in [4.69, 9.17) is 19.4 Å². The molecule has 1 aliphatic rings. The molecule has 0 N–H and O–H groups in total. The third-order valence-electron chi connectivity index (χ3n) is 10.3. The quantitative estimate of drug-likeness (QED) is 0.175. The monoisotopic (exact) mass is 679 g/mol. The largest absolute Gasteiger partial charge is 0.456 e. The van der Waals surface area contributed by atoms with E-state index in [2.05, 4.69) is 164 Å². The van der Waals surface area contributed by atoms with Crippen LogP contribution in [0.2, 0.25) is 0 Å². The first-order valence-corrected chi connectivity index (χ1v) is 18.0. The highest BCUT2D eigenvalue weighted by Gasteiger charge is 2.20. The van der Waals surface area contributed by atoms with E-state index in [1.165, 1.54) is 27.5 Å². The first-order valence-electron chi connectivity index (χ1n) is 18.0. The van der Waals surface area contributed by atoms with E-state index in [-0.39, 0.29) is 5.92 Å². The summed E-state index contributed by atoms with van der Waals surface area (Å²) in [6.45, 7) is 0. The van der Waals surface area contributed by atoms with Gasteiger partial charge in [0, 0.05) is 27.8 Å². The molecule has 0 radical (unpaired) electrons. The van der Waals surface area contributed by atoms with Gasteiger partial charge in [-0.2, -0.15) is 0 Å². The van der Waals surface area contributed by atoms with Crippen LogP contribution < -0.4 is 0 Å². The summed E-state index contributed by atoms with van der Waals surface area (Å²) in [7, 11) is 0. The van der Waals surface area contributed by atoms with Gasteiger partial charge in [0.1, 0.15) is 17.0 Å². The van der Waals surface area contributed by atoms with Gasteiger partial charge < -0.3 is 4.42 Å². The van der Waals surface area contributed by atoms with Crippen LogP contribution >= 0.6 is 0 Å². The Labute approximate surface area is 307 Å². The van der Waals surface area contributed by atoms with E-state index >= 15 is 0 Å². The van der Waals surface area contributed by atoms with Crippen LogP contribution in [0, 0.1) is 0 Å². The summed E-state index contributed by atoms with van der Waals surface area (Å²) in [5.41, 5.74) is 10.5. The van der Waals surface area contributed by atoms with Crippen LogP contribution in [0.1, 0.15) is 18.2 Å². The molecule has 1 atom stereocenters. The summed E-state index contributed by atoms with van der Waals surface area (Å²) < 4.78 is 6.44. The Bertz CT molecular complexity index is 2850. The molecule has 0 fully saturated rings. The standard InChI is InChI=1S/C49H33N3O/c1-3-10-32(11-4-1)34-22-25-38(26-23-34)48-50-47(37-13-5-2-6-14-37)51-49(52-48)42-16-9-17-45-46(42)43-31-41(28-29-44(43)53-45)36-20-18-35(19-21-36)40-27-24-33-12-7-8-15-39(33)30-40/h1-13,15-31,37H,14H2. The first kappa shape index (κ1) is 30.9. The van der Waals surface area contributed by atoms with Gasteiger partial charge in [-0.1, -0.05) is 158 Å². The van der Waals surface area contributed by atoms with Gasteiger partial charge >= 0.3 is 0 Å². The van der Waals surface area contributed by atoms with Crippen LogP contribution in [0.5, 0.6) is 0 Å². The molecule has 4 heteroatoms. The number of nitrogens with zero attached hydrogens (tertiary/aromatic N) is 3. The van der Waals surface area contributed by atoms with Crippen LogP contribution in [-0.2, 0) is 0 Å². The Morgan fingerprint density at radius 3 is 1.87 bits per heavy atom. The van der Waals surface area contributed by atoms with Crippen LogP contribution in [-0.4, -0.2) is 15.0 Å². The van der Waals surface area contributed by atoms with Gasteiger partial charge in [-0.15, -0.1) is 0 Å². The maximum atomic E-state index is 6.44. The zero-order valence-corrected chi connectivity index (χ0v) is 28.9. The molecule has 2 aromatic heterocycles. The molecule has 0 spiro atoms. The molecule has 0 aliphatic heterocycles. The van der Waals surface area contributed by atoms with Crippen molar-refractivity contribution < 1.29 is 4.42 Å². The number of furan rings is 1. The van der Waals surface area contributed by atoms with Gasteiger partial charge in [0.05, 0.1) is 0 Å². The van der Waals surface area contributed by atoms with Crippen molar-refractivity contribution in [2.45, 2.75) is 12.3 Å². The second-order valence-corrected chi connectivity index (χ2v) is 13.6. The van der Waals surface area contributed by atoms with Crippen molar-refractivity contribution in [2.24, 2.45) is 0 Å². The summed E-state index contributed by atoms with van der Waals surface area (Å²) in [5, 5.41) is 4.52. The summed E-state index contributed by atoms with van der Waals surface area (Å²) in [6, 6.07) is 55.4. The van der Waals surface area contributed by atoms with Gasteiger partial charge in [-0.3, -0.25) is 0 Å². The molecule has 9 aromatic rings. The maximum absolute atomic E-state index is 6.44. The number of fused-ring (bicyclic) bond motifs is 4. The highest BCUT2D eigenvalue weighted by atomic mass is 16.3. The van der Waals surface area contributed by atoms with Gasteiger partial charge in [-0.25, -0.2) is 15.0 Å². The Hall–Kier alpha value is -6.91. The van der Waals surface area contributed by atoms with E-state index in [0.717, 1.165) is 62.0 Å². The fourth-order valence-corrected chi connectivity index (χ4v) is 7.44. The third kappa shape index (κ3) is 5.81. The van der Waals surface area contributed by atoms with Crippen LogP contribution in [0.4, 0.5) is 0 Å². The molecule has 0 amide bonds. The molecule has 1 aliphatic carbocycles. The number of hydrogen-bond donors (Lipinski definition) is 0. The molecular weight excluding hydrogens is 647 g/mol. The Morgan fingerprint density at radius 2 is 1.09 bits per heavy atom. The van der Waals surface area contributed by atoms with E-state index < -0.39 is 0 Å². The van der Waals surface area contributed by atoms with Crippen molar-refractivity contribution in [1.82, 2.24) is 15.0 Å². The number of allylic oxidation sites excluding steroid dienone is 4. The lowest BCUT2D eigenvalue weighted by atomic mass is 9.97. The predicted molar refractivity (Wildman–Crippen MR) is 217 cm³/mol. The summed E-state index contributed by atoms with van der Waals surface area (Å²) >= 11 is 0. The molecule has 0 bridgehead atoms. The molecular formula is C49H33N3O. The second-order valence-electron chi connectivity index (χ2n) is 13.6. The first-order chi connectivity index (χ1) is 26.2. The maximum Gasteiger partial charge on any atom is 0.164 e. The highest BCUT2D eigenvalue weighted by molar-refractivity contribution is 6.12. The molecule has 53 heavy (non-hydrogen) atoms. The van der Waals surface area contributed by atoms with E-state index in [1.807, 2.05) is 18.2 Å². The zero-order chi connectivity index (χ0) is 35.1. The van der Waals surface area contributed by atoms with Crippen LogP contribution in [0.25, 0.3) is 88.9 Å². The fourth-order valence-electron chi connectivity index (χ4n) is 7.44. The average molecular weight is 680 g/mol. The van der Waals surface area contributed by atoms with Crippen molar-refractivity contribution in [2.75, 3.05) is 0 Å². The SMILES string of the molecule is C1=CCC(c2nc(-c3ccc(-c4ccccc4)cc3)nc(-c3cccc4oc5ccc(-c6ccc(-c7ccc8ccccc8c7)cc6)cc5c34)n2)C=C1. The second kappa shape index (κ2) is 13.0. The Balaban J connectivity index is 1.06. The van der Waals surface area contributed by atoms with Crippen molar-refractivity contribution in [3.63, 3.8) is 0 Å². The van der Waals surface area contributed by atoms with Gasteiger partial charge in [0.15, 0.2) is 11.6 Å². The third-order valence-corrected chi connectivity index (χ3v) is 10.3. The zero-order valence-electron chi connectivity index (χ0n) is 28.9. The number of benzene rings is 7. The minimum Gasteiger partial charge on any atom is -0.456 e. The number of hydrogen-bond acceptors (Lipinski definition) is 4. The lowest BCUT2D eigenvalue weighted by Gasteiger charge is -2.15. The molecule has 0 saturated carbocycles. The average Bonchev–Trinajstić information content (AvgIpc) is 3.62. The van der Waals surface area contributed by atoms with E-state index in [9.17, 15) is 0 Å². The van der Waals surface area contributed by atoms with Crippen molar-refractivity contribution >= 4 is 32.7 Å². The van der Waals surface area contributed by atoms with Crippen molar-refractivity contribution in [3.8, 4) is 56.2 Å². The van der Waals surface area contributed by atoms with Crippen LogP contribution in [0.15, 0.2) is 186 Å². The molecule has 7 aromatic carbocycles.